The minimum atomic E-state index is 0.343. The first-order valence-corrected chi connectivity index (χ1v) is 7.07. The van der Waals surface area contributed by atoms with E-state index in [0.29, 0.717) is 36.0 Å². The summed E-state index contributed by atoms with van der Waals surface area (Å²) in [5.41, 5.74) is 6.30. The molecule has 3 rings (SSSR count). The highest BCUT2D eigenvalue weighted by molar-refractivity contribution is 5.78. The molecular formula is C14H23N3O. The average Bonchev–Trinajstić information content (AvgIpc) is 3.00. The fourth-order valence-corrected chi connectivity index (χ4v) is 4.27. The third-order valence-electron chi connectivity index (χ3n) is 4.98. The minimum Gasteiger partial charge on any atom is -0.377 e. The second kappa shape index (κ2) is 4.57. The summed E-state index contributed by atoms with van der Waals surface area (Å²) >= 11 is 0. The second-order valence-electron chi connectivity index (χ2n) is 5.82. The monoisotopic (exact) mass is 249 g/mol. The highest BCUT2D eigenvalue weighted by Crippen LogP contribution is 2.60. The molecule has 0 aromatic rings. The van der Waals surface area contributed by atoms with Crippen molar-refractivity contribution in [2.45, 2.75) is 44.2 Å². The lowest BCUT2D eigenvalue weighted by Gasteiger charge is -2.57. The quantitative estimate of drug-likeness (QED) is 0.452. The molecule has 0 amide bonds. The molecule has 1 aliphatic heterocycles. The van der Waals surface area contributed by atoms with Gasteiger partial charge in [0.2, 0.25) is 0 Å². The Labute approximate surface area is 109 Å². The van der Waals surface area contributed by atoms with Crippen LogP contribution in [0.15, 0.2) is 17.6 Å². The zero-order valence-corrected chi connectivity index (χ0v) is 10.9. The summed E-state index contributed by atoms with van der Waals surface area (Å²) in [7, 11) is 0. The third-order valence-corrected chi connectivity index (χ3v) is 4.98. The molecule has 3 fully saturated rings. The lowest BCUT2D eigenvalue weighted by atomic mass is 9.54. The van der Waals surface area contributed by atoms with E-state index in [1.165, 1.54) is 32.1 Å². The van der Waals surface area contributed by atoms with Crippen molar-refractivity contribution in [2.24, 2.45) is 22.1 Å². The lowest BCUT2D eigenvalue weighted by molar-refractivity contribution is -0.124. The van der Waals surface area contributed by atoms with Gasteiger partial charge in [-0.2, -0.15) is 0 Å². The van der Waals surface area contributed by atoms with Crippen LogP contribution in [0.4, 0.5) is 0 Å². The third kappa shape index (κ3) is 1.66. The van der Waals surface area contributed by atoms with E-state index in [1.807, 2.05) is 0 Å². The Kier molecular flexibility index (Phi) is 3.06. The van der Waals surface area contributed by atoms with Gasteiger partial charge in [-0.1, -0.05) is 18.9 Å². The molecule has 1 spiro atoms. The summed E-state index contributed by atoms with van der Waals surface area (Å²) in [5, 5.41) is 3.46. The normalized spacial score (nSPS) is 37.3. The molecule has 0 radical (unpaired) electrons. The zero-order chi connectivity index (χ0) is 12.6. The van der Waals surface area contributed by atoms with Crippen LogP contribution < -0.4 is 11.1 Å². The van der Waals surface area contributed by atoms with E-state index in [-0.39, 0.29) is 0 Å². The number of ether oxygens (including phenoxy) is 1. The van der Waals surface area contributed by atoms with Gasteiger partial charge in [0, 0.05) is 24.0 Å². The smallest absolute Gasteiger partial charge is 0.189 e. The SMILES string of the molecule is C=CCN=C(N)NC1C2CCOC2C12CCCC2. The number of guanidine groups is 1. The molecule has 2 aliphatic carbocycles. The van der Waals surface area contributed by atoms with Crippen molar-refractivity contribution in [2.75, 3.05) is 13.2 Å². The van der Waals surface area contributed by atoms with Crippen molar-refractivity contribution in [3.63, 3.8) is 0 Å². The summed E-state index contributed by atoms with van der Waals surface area (Å²) in [5.74, 6) is 1.21. The summed E-state index contributed by atoms with van der Waals surface area (Å²) in [6, 6.07) is 0.473. The zero-order valence-electron chi connectivity index (χ0n) is 10.9. The average molecular weight is 249 g/mol. The fourth-order valence-electron chi connectivity index (χ4n) is 4.27. The molecule has 0 aromatic heterocycles. The van der Waals surface area contributed by atoms with Crippen LogP contribution in [0.5, 0.6) is 0 Å². The van der Waals surface area contributed by atoms with Crippen LogP contribution in [-0.2, 0) is 4.74 Å². The van der Waals surface area contributed by atoms with Crippen LogP contribution in [0.3, 0.4) is 0 Å². The molecule has 3 unspecified atom stereocenters. The second-order valence-corrected chi connectivity index (χ2v) is 5.82. The number of nitrogens with zero attached hydrogens (tertiary/aromatic N) is 1. The van der Waals surface area contributed by atoms with Gasteiger partial charge in [0.25, 0.3) is 0 Å². The van der Waals surface area contributed by atoms with E-state index in [2.05, 4.69) is 16.9 Å². The maximum absolute atomic E-state index is 5.95. The van der Waals surface area contributed by atoms with Gasteiger partial charge < -0.3 is 15.8 Å². The van der Waals surface area contributed by atoms with Gasteiger partial charge in [-0.15, -0.1) is 6.58 Å². The molecule has 3 atom stereocenters. The number of aliphatic imine (C=N–C) groups is 1. The van der Waals surface area contributed by atoms with Gasteiger partial charge in [0.05, 0.1) is 12.6 Å². The largest absolute Gasteiger partial charge is 0.377 e. The Morgan fingerprint density at radius 3 is 3.00 bits per heavy atom. The van der Waals surface area contributed by atoms with Crippen molar-refractivity contribution >= 4 is 5.96 Å². The maximum atomic E-state index is 5.95. The number of nitrogens with two attached hydrogens (primary N) is 1. The molecule has 1 heterocycles. The maximum Gasteiger partial charge on any atom is 0.189 e. The van der Waals surface area contributed by atoms with E-state index in [0.717, 1.165) is 6.61 Å². The van der Waals surface area contributed by atoms with Crippen molar-refractivity contribution in [1.29, 1.82) is 0 Å². The van der Waals surface area contributed by atoms with Crippen molar-refractivity contribution in [1.82, 2.24) is 5.32 Å². The summed E-state index contributed by atoms with van der Waals surface area (Å²) < 4.78 is 5.95. The van der Waals surface area contributed by atoms with E-state index < -0.39 is 0 Å². The van der Waals surface area contributed by atoms with Gasteiger partial charge >= 0.3 is 0 Å². The molecule has 1 saturated heterocycles. The van der Waals surface area contributed by atoms with Gasteiger partial charge in [0.15, 0.2) is 5.96 Å². The topological polar surface area (TPSA) is 59.6 Å². The molecule has 18 heavy (non-hydrogen) atoms. The van der Waals surface area contributed by atoms with Crippen LogP contribution in [0, 0.1) is 11.3 Å². The van der Waals surface area contributed by atoms with E-state index in [4.69, 9.17) is 10.5 Å². The standard InChI is InChI=1S/C14H23N3O/c1-2-8-16-13(15)17-11-10-5-9-18-12(10)14(11)6-3-4-7-14/h2,10-12H,1,3-9H2,(H3,15,16,17). The number of nitrogens with one attached hydrogen (secondary N) is 1. The van der Waals surface area contributed by atoms with Gasteiger partial charge in [-0.3, -0.25) is 0 Å². The Hall–Kier alpha value is -1.03. The summed E-state index contributed by atoms with van der Waals surface area (Å²) in [6.45, 7) is 5.16. The van der Waals surface area contributed by atoms with Crippen LogP contribution in [0.25, 0.3) is 0 Å². The van der Waals surface area contributed by atoms with Gasteiger partial charge in [-0.05, 0) is 19.3 Å². The molecular weight excluding hydrogens is 226 g/mol. The molecule has 4 nitrogen and oxygen atoms in total. The van der Waals surface area contributed by atoms with E-state index in [9.17, 15) is 0 Å². The first-order chi connectivity index (χ1) is 8.78. The highest BCUT2D eigenvalue weighted by Gasteiger charge is 2.64. The molecule has 100 valence electrons. The highest BCUT2D eigenvalue weighted by atomic mass is 16.5. The van der Waals surface area contributed by atoms with Crippen molar-refractivity contribution < 1.29 is 4.74 Å². The number of rotatable bonds is 3. The first-order valence-electron chi connectivity index (χ1n) is 7.07. The van der Waals surface area contributed by atoms with Crippen LogP contribution in [0.1, 0.15) is 32.1 Å². The summed E-state index contributed by atoms with van der Waals surface area (Å²) in [6.07, 6.45) is 8.62. The van der Waals surface area contributed by atoms with Crippen molar-refractivity contribution in [3.8, 4) is 0 Å². The molecule has 2 saturated carbocycles. The molecule has 3 N–H and O–H groups in total. The summed E-state index contributed by atoms with van der Waals surface area (Å²) in [4.78, 5) is 4.26. The van der Waals surface area contributed by atoms with Gasteiger partial charge in [-0.25, -0.2) is 4.99 Å². The Morgan fingerprint density at radius 2 is 2.28 bits per heavy atom. The predicted octanol–water partition coefficient (Wildman–Crippen LogP) is 1.42. The molecule has 0 aromatic carbocycles. The van der Waals surface area contributed by atoms with Crippen LogP contribution >= 0.6 is 0 Å². The van der Waals surface area contributed by atoms with Crippen molar-refractivity contribution in [3.05, 3.63) is 12.7 Å². The first kappa shape index (κ1) is 12.0. The number of hydrogen-bond donors (Lipinski definition) is 2. The molecule has 0 bridgehead atoms. The van der Waals surface area contributed by atoms with Crippen LogP contribution in [-0.4, -0.2) is 31.3 Å². The Bertz CT molecular complexity index is 360. The number of hydrogen-bond acceptors (Lipinski definition) is 2. The molecule has 4 heteroatoms. The lowest BCUT2D eigenvalue weighted by Crippen LogP contribution is -2.69. The van der Waals surface area contributed by atoms with E-state index in [1.54, 1.807) is 6.08 Å². The minimum absolute atomic E-state index is 0.343. The molecule has 3 aliphatic rings. The number of fused-ring (bicyclic) bond motifs is 2. The Morgan fingerprint density at radius 1 is 1.50 bits per heavy atom. The van der Waals surface area contributed by atoms with Gasteiger partial charge in [0.1, 0.15) is 0 Å². The fraction of sp³-hybridized carbons (Fsp3) is 0.786. The Balaban J connectivity index is 1.72. The van der Waals surface area contributed by atoms with E-state index >= 15 is 0 Å². The predicted molar refractivity (Wildman–Crippen MR) is 72.4 cm³/mol. The van der Waals surface area contributed by atoms with Crippen LogP contribution in [0.2, 0.25) is 0 Å².